The summed E-state index contributed by atoms with van der Waals surface area (Å²) in [6, 6.07) is 16.4. The van der Waals surface area contributed by atoms with E-state index in [1.807, 2.05) is 18.2 Å². The number of aromatic amines is 1. The smallest absolute Gasteiger partial charge is 0.343 e. The van der Waals surface area contributed by atoms with Crippen LogP contribution in [-0.4, -0.2) is 74.3 Å². The van der Waals surface area contributed by atoms with E-state index >= 15 is 0 Å². The summed E-state index contributed by atoms with van der Waals surface area (Å²) in [7, 11) is 2.29. The highest BCUT2D eigenvalue weighted by Crippen LogP contribution is 2.25. The fraction of sp³-hybridized carbons (Fsp3) is 0.136. The van der Waals surface area contributed by atoms with Gasteiger partial charge in [-0.2, -0.15) is 0 Å². The number of nitrogens with one attached hydrogen (secondary N) is 3. The maximum atomic E-state index is 13.5. The number of carbonyl (C=O) groups is 5. The zero-order valence-corrected chi connectivity index (χ0v) is 55.2. The van der Waals surface area contributed by atoms with Gasteiger partial charge in [-0.25, -0.2) is 67.1 Å². The van der Waals surface area contributed by atoms with E-state index in [-0.39, 0.29) is 93.0 Å². The monoisotopic (exact) mass is 1560 g/mol. The fourth-order valence-corrected chi connectivity index (χ4v) is 9.76. The Hall–Kier alpha value is -10.2. The lowest BCUT2D eigenvalue weighted by Crippen LogP contribution is -2.33. The molecule has 532 valence electrons. The second-order valence-corrected chi connectivity index (χ2v) is 22.6. The number of hydrogen-bond acceptors (Lipinski definition) is 11. The Morgan fingerprint density at radius 2 is 0.891 bits per heavy atom. The van der Waals surface area contributed by atoms with Crippen LogP contribution < -0.4 is 32.9 Å². The molecule has 2 amide bonds. The first-order valence-corrected chi connectivity index (χ1v) is 30.2. The van der Waals surface area contributed by atoms with Gasteiger partial charge in [-0.15, -0.1) is 0 Å². The van der Waals surface area contributed by atoms with Crippen molar-refractivity contribution in [3.63, 3.8) is 0 Å². The number of hydrogen-bond donors (Lipinski definition) is 4. The molecule has 0 fully saturated rings. The number of pyridine rings is 4. The molecule has 9 aromatic rings. The number of carboxylic acids is 1. The predicted octanol–water partition coefficient (Wildman–Crippen LogP) is 13.8. The molecular formula is C66H47BrCl4F12N6O12. The number of alkyl halides is 1. The number of anilines is 1. The molecule has 35 heteroatoms. The number of fused-ring (bicyclic) bond motifs is 1. The zero-order valence-electron chi connectivity index (χ0n) is 50.6. The topological polar surface area (TPSA) is 247 Å². The summed E-state index contributed by atoms with van der Waals surface area (Å²) in [6.07, 6.45) is 8.59. The summed E-state index contributed by atoms with van der Waals surface area (Å²) in [5.74, 6) is -20.7. The van der Waals surface area contributed by atoms with Crippen molar-refractivity contribution in [1.29, 1.82) is 0 Å². The first-order chi connectivity index (χ1) is 47.1. The molecule has 101 heavy (non-hydrogen) atoms. The zero-order chi connectivity index (χ0) is 74.1. The van der Waals surface area contributed by atoms with E-state index in [0.29, 0.717) is 29.4 Å². The standard InChI is InChI=1S/C24H17ClF3N3O3.C14H9ClF3NO3.C13H7ClF3NO3.C7H4BrF3.C7H6ClNO3.CH4/c25-16-10-17(24(34)31(12-16)11-14-6-18(26)22(28)19(27)7-14)23(33)29-5-1-2-13-3-4-15-9-21(32)30-20(15)8-13;1-22-14(21)9-4-8(15)6-19(13(9)20)5-7-2-10(16)12(18)11(17)3-7;14-7-3-8(13(20)21)12(19)18(5-7)4-6-1-9(15)11(17)10(16)2-6;8-3-4-1-5(9)7(11)6(10)2-4;1-12-7(11)5-2-4(8)3-9-6(5)10;/h1-4,6-8,10,12H,5,9,11H2,(H,29,33)(H,30,32);2-4,6H,5H2,1H3;1-3,5H,4H2,(H,20,21);1-2H,3H2;2-3H,1H3,(H,9,10);1H4/b2-1+;;;;;. The van der Waals surface area contributed by atoms with E-state index in [1.54, 1.807) is 12.2 Å². The van der Waals surface area contributed by atoms with Crippen LogP contribution in [0.5, 0.6) is 0 Å². The van der Waals surface area contributed by atoms with E-state index < -0.39 is 121 Å². The summed E-state index contributed by atoms with van der Waals surface area (Å²) < 4.78 is 167. The molecular weight excluding hydrogens is 1520 g/mol. The number of aromatic nitrogens is 4. The summed E-state index contributed by atoms with van der Waals surface area (Å²) in [6.45, 7) is -0.865. The van der Waals surface area contributed by atoms with E-state index in [4.69, 9.17) is 51.5 Å². The van der Waals surface area contributed by atoms with Gasteiger partial charge in [0.15, 0.2) is 69.8 Å². The number of halogens is 17. The van der Waals surface area contributed by atoms with Crippen LogP contribution in [0.2, 0.25) is 20.1 Å². The molecule has 0 bridgehead atoms. The van der Waals surface area contributed by atoms with Crippen LogP contribution in [0, 0.1) is 69.8 Å². The molecule has 0 radical (unpaired) electrons. The minimum absolute atomic E-state index is 0. The van der Waals surface area contributed by atoms with Gasteiger partial charge in [0, 0.05) is 42.3 Å². The Labute approximate surface area is 589 Å². The van der Waals surface area contributed by atoms with Gasteiger partial charge in [0.05, 0.1) is 60.4 Å². The van der Waals surface area contributed by atoms with Gasteiger partial charge in [-0.05, 0) is 112 Å². The van der Waals surface area contributed by atoms with Crippen molar-refractivity contribution in [1.82, 2.24) is 24.0 Å². The quantitative estimate of drug-likeness (QED) is 0.0344. The van der Waals surface area contributed by atoms with Crippen molar-refractivity contribution in [3.8, 4) is 0 Å². The SMILES string of the molecule is C.COC(=O)c1cc(Cl)c[nH]c1=O.COC(=O)c1cc(Cl)cn(Cc2cc(F)c(F)c(F)c2)c1=O.Fc1cc(CBr)cc(F)c1F.O=C(O)c1cc(Cl)cn(Cc2cc(F)c(F)c(F)c2)c1=O.O=C1Cc2ccc(/C=C/CNC(=O)c3cc(Cl)cn(Cc4cc(F)c(F)c(F)c4)c3=O)cc2N1. The van der Waals surface area contributed by atoms with Crippen LogP contribution in [0.1, 0.15) is 82.2 Å². The molecule has 5 heterocycles. The average Bonchev–Trinajstić information content (AvgIpc) is 1.48. The number of aromatic carboxylic acids is 1. The van der Waals surface area contributed by atoms with Crippen LogP contribution in [0.15, 0.2) is 141 Å². The molecule has 5 aromatic carbocycles. The molecule has 0 atom stereocenters. The third-order valence-corrected chi connectivity index (χ3v) is 14.6. The third-order valence-electron chi connectivity index (χ3n) is 13.1. The Bertz CT molecular complexity index is 4870. The van der Waals surface area contributed by atoms with Gasteiger partial charge in [0.1, 0.15) is 22.3 Å². The second kappa shape index (κ2) is 36.7. The number of amides is 2. The van der Waals surface area contributed by atoms with Crippen LogP contribution >= 0.6 is 62.3 Å². The maximum absolute atomic E-state index is 13.5. The van der Waals surface area contributed by atoms with Crippen molar-refractivity contribution in [2.75, 3.05) is 26.1 Å². The van der Waals surface area contributed by atoms with Gasteiger partial charge in [-0.3, -0.25) is 28.8 Å². The average molecular weight is 1570 g/mol. The van der Waals surface area contributed by atoms with E-state index in [2.05, 4.69) is 41.0 Å². The summed E-state index contributed by atoms with van der Waals surface area (Å²) in [5, 5.41) is 14.9. The highest BCUT2D eigenvalue weighted by Gasteiger charge is 2.22. The number of H-pyrrole nitrogens is 1. The first-order valence-electron chi connectivity index (χ1n) is 27.6. The maximum Gasteiger partial charge on any atom is 0.343 e. The number of carboxylic acid groups (broad SMARTS) is 1. The van der Waals surface area contributed by atoms with Crippen molar-refractivity contribution < 1.29 is 91.2 Å². The lowest BCUT2D eigenvalue weighted by atomic mass is 10.1. The van der Waals surface area contributed by atoms with Crippen molar-refractivity contribution in [2.45, 2.75) is 38.8 Å². The minimum atomic E-state index is -1.62. The van der Waals surface area contributed by atoms with Gasteiger partial charge < -0.3 is 43.9 Å². The van der Waals surface area contributed by atoms with Crippen LogP contribution in [0.4, 0.5) is 58.4 Å². The Morgan fingerprint density at radius 3 is 1.30 bits per heavy atom. The predicted molar refractivity (Wildman–Crippen MR) is 351 cm³/mol. The van der Waals surface area contributed by atoms with Crippen LogP contribution in [-0.2, 0) is 45.7 Å². The summed E-state index contributed by atoms with van der Waals surface area (Å²) in [5.41, 5.74) is -1.34. The molecule has 0 unspecified atom stereocenters. The Morgan fingerprint density at radius 1 is 0.525 bits per heavy atom. The summed E-state index contributed by atoms with van der Waals surface area (Å²) in [4.78, 5) is 107. The molecule has 0 aliphatic carbocycles. The van der Waals surface area contributed by atoms with E-state index in [1.165, 1.54) is 37.8 Å². The Kier molecular flexibility index (Phi) is 29.6. The number of benzene rings is 5. The van der Waals surface area contributed by atoms with Crippen molar-refractivity contribution in [2.24, 2.45) is 0 Å². The summed E-state index contributed by atoms with van der Waals surface area (Å²) >= 11 is 26.1. The number of carbonyl (C=O) groups excluding carboxylic acids is 4. The molecule has 1 aliphatic rings. The highest BCUT2D eigenvalue weighted by molar-refractivity contribution is 9.08. The Balaban J connectivity index is 0.000000241. The normalized spacial score (nSPS) is 11.0. The second-order valence-electron chi connectivity index (χ2n) is 20.2. The molecule has 1 aliphatic heterocycles. The molecule has 4 N–H and O–H groups in total. The lowest BCUT2D eigenvalue weighted by Gasteiger charge is -2.10. The number of rotatable bonds is 14. The van der Waals surface area contributed by atoms with E-state index in [9.17, 15) is 95.8 Å². The van der Waals surface area contributed by atoms with Gasteiger partial charge in [-0.1, -0.05) is 94.0 Å². The number of nitrogens with zero attached hydrogens (tertiary/aromatic N) is 3. The molecule has 4 aromatic heterocycles. The number of methoxy groups -OCH3 is 2. The first kappa shape index (κ1) is 81.5. The fourth-order valence-electron chi connectivity index (χ4n) is 8.59. The van der Waals surface area contributed by atoms with Gasteiger partial charge in [0.25, 0.3) is 28.1 Å². The van der Waals surface area contributed by atoms with Crippen LogP contribution in [0.3, 0.4) is 0 Å². The third kappa shape index (κ3) is 22.1. The van der Waals surface area contributed by atoms with Gasteiger partial charge in [0.2, 0.25) is 5.91 Å². The molecule has 0 saturated carbocycles. The largest absolute Gasteiger partial charge is 0.477 e. The van der Waals surface area contributed by atoms with E-state index in [0.717, 1.165) is 92.4 Å². The number of esters is 2. The van der Waals surface area contributed by atoms with Crippen LogP contribution in [0.25, 0.3) is 6.08 Å². The molecule has 0 saturated heterocycles. The van der Waals surface area contributed by atoms with Crippen molar-refractivity contribution >= 4 is 104 Å². The lowest BCUT2D eigenvalue weighted by molar-refractivity contribution is -0.115. The minimum Gasteiger partial charge on any atom is -0.477 e. The molecule has 0 spiro atoms. The van der Waals surface area contributed by atoms with Crippen molar-refractivity contribution in [3.05, 3.63) is 309 Å². The highest BCUT2D eigenvalue weighted by atomic mass is 79.9. The molecule has 18 nitrogen and oxygen atoms in total. The van der Waals surface area contributed by atoms with Gasteiger partial charge >= 0.3 is 17.9 Å². The number of ether oxygens (including phenoxy) is 2. The molecule has 10 rings (SSSR count).